The maximum atomic E-state index is 12.2. The standard InChI is InChI=1S/C13H19NO6/c1-13(2,3)20-12(17)14-4-5-18-7-9(14)8-6-10(15)19-11(8)16/h8-9H,4-7H2,1-3H3. The average Bonchev–Trinajstić information content (AvgIpc) is 2.66. The van der Waals surface area contributed by atoms with Gasteiger partial charge >= 0.3 is 18.0 Å². The molecule has 1 amide bonds. The number of amides is 1. The highest BCUT2D eigenvalue weighted by Gasteiger charge is 2.45. The van der Waals surface area contributed by atoms with Gasteiger partial charge in [0.05, 0.1) is 31.6 Å². The number of cyclic esters (lactones) is 2. The van der Waals surface area contributed by atoms with Crippen molar-refractivity contribution in [2.45, 2.75) is 38.8 Å². The lowest BCUT2D eigenvalue weighted by Crippen LogP contribution is -2.54. The SMILES string of the molecule is CC(C)(C)OC(=O)N1CCOCC1C1CC(=O)OC1=O. The molecule has 0 bridgehead atoms. The van der Waals surface area contributed by atoms with E-state index in [0.29, 0.717) is 13.2 Å². The first-order valence-corrected chi connectivity index (χ1v) is 6.60. The summed E-state index contributed by atoms with van der Waals surface area (Å²) in [5.41, 5.74) is -0.619. The molecule has 0 aromatic carbocycles. The molecule has 0 N–H and O–H groups in total. The van der Waals surface area contributed by atoms with Crippen molar-refractivity contribution in [1.82, 2.24) is 4.90 Å². The second-order valence-electron chi connectivity index (χ2n) is 5.92. The molecule has 2 aliphatic rings. The molecule has 0 radical (unpaired) electrons. The van der Waals surface area contributed by atoms with E-state index in [9.17, 15) is 14.4 Å². The molecule has 0 saturated carbocycles. The molecular weight excluding hydrogens is 266 g/mol. The molecule has 7 nitrogen and oxygen atoms in total. The van der Waals surface area contributed by atoms with Gasteiger partial charge < -0.3 is 14.2 Å². The van der Waals surface area contributed by atoms with Gasteiger partial charge in [-0.3, -0.25) is 14.5 Å². The number of carbonyl (C=O) groups excluding carboxylic acids is 3. The van der Waals surface area contributed by atoms with Gasteiger partial charge in [0.1, 0.15) is 5.60 Å². The Morgan fingerprint density at radius 3 is 2.60 bits per heavy atom. The first-order valence-electron chi connectivity index (χ1n) is 6.60. The molecular formula is C13H19NO6. The molecule has 2 saturated heterocycles. The zero-order chi connectivity index (χ0) is 14.9. The lowest BCUT2D eigenvalue weighted by atomic mass is 9.96. The highest BCUT2D eigenvalue weighted by atomic mass is 16.6. The third kappa shape index (κ3) is 3.27. The quantitative estimate of drug-likeness (QED) is 0.521. The Morgan fingerprint density at radius 1 is 1.35 bits per heavy atom. The number of hydrogen-bond donors (Lipinski definition) is 0. The second-order valence-corrected chi connectivity index (χ2v) is 5.92. The van der Waals surface area contributed by atoms with Crippen LogP contribution >= 0.6 is 0 Å². The third-order valence-electron chi connectivity index (χ3n) is 3.16. The van der Waals surface area contributed by atoms with Gasteiger partial charge in [0.2, 0.25) is 0 Å². The van der Waals surface area contributed by atoms with E-state index < -0.39 is 35.6 Å². The van der Waals surface area contributed by atoms with E-state index in [0.717, 1.165) is 0 Å². The fraction of sp³-hybridized carbons (Fsp3) is 0.769. The van der Waals surface area contributed by atoms with Crippen LogP contribution in [-0.4, -0.2) is 54.3 Å². The van der Waals surface area contributed by atoms with Crippen molar-refractivity contribution < 1.29 is 28.6 Å². The van der Waals surface area contributed by atoms with Gasteiger partial charge in [-0.15, -0.1) is 0 Å². The van der Waals surface area contributed by atoms with Crippen molar-refractivity contribution in [3.05, 3.63) is 0 Å². The van der Waals surface area contributed by atoms with E-state index in [1.165, 1.54) is 4.90 Å². The van der Waals surface area contributed by atoms with Crippen molar-refractivity contribution in [3.8, 4) is 0 Å². The number of morpholine rings is 1. The summed E-state index contributed by atoms with van der Waals surface area (Å²) in [6.07, 6.45) is -0.524. The predicted octanol–water partition coefficient (Wildman–Crippen LogP) is 0.712. The lowest BCUT2D eigenvalue weighted by Gasteiger charge is -2.38. The number of esters is 2. The van der Waals surface area contributed by atoms with E-state index in [1.807, 2.05) is 0 Å². The third-order valence-corrected chi connectivity index (χ3v) is 3.16. The van der Waals surface area contributed by atoms with E-state index in [-0.39, 0.29) is 13.0 Å². The summed E-state index contributed by atoms with van der Waals surface area (Å²) >= 11 is 0. The van der Waals surface area contributed by atoms with Gasteiger partial charge in [-0.1, -0.05) is 0 Å². The molecule has 7 heteroatoms. The van der Waals surface area contributed by atoms with Gasteiger partial charge in [-0.05, 0) is 20.8 Å². The minimum Gasteiger partial charge on any atom is -0.444 e. The molecule has 20 heavy (non-hydrogen) atoms. The van der Waals surface area contributed by atoms with Gasteiger partial charge in [0.25, 0.3) is 0 Å². The van der Waals surface area contributed by atoms with Crippen LogP contribution in [0, 0.1) is 5.92 Å². The molecule has 2 heterocycles. The normalized spacial score (nSPS) is 27.4. The summed E-state index contributed by atoms with van der Waals surface area (Å²) in [5.74, 6) is -1.83. The summed E-state index contributed by atoms with van der Waals surface area (Å²) in [5, 5.41) is 0. The molecule has 2 fully saturated rings. The van der Waals surface area contributed by atoms with Gasteiger partial charge in [0, 0.05) is 6.54 Å². The summed E-state index contributed by atoms with van der Waals surface area (Å²) in [7, 11) is 0. The van der Waals surface area contributed by atoms with Gasteiger partial charge in [-0.25, -0.2) is 4.79 Å². The summed E-state index contributed by atoms with van der Waals surface area (Å²) in [6.45, 7) is 6.23. The molecule has 112 valence electrons. The molecule has 0 aromatic rings. The first-order chi connectivity index (χ1) is 9.28. The zero-order valence-corrected chi connectivity index (χ0v) is 11.9. The number of ether oxygens (including phenoxy) is 3. The van der Waals surface area contributed by atoms with Crippen LogP contribution in [0.5, 0.6) is 0 Å². The Bertz CT molecular complexity index is 427. The monoisotopic (exact) mass is 285 g/mol. The number of hydrogen-bond acceptors (Lipinski definition) is 6. The average molecular weight is 285 g/mol. The van der Waals surface area contributed by atoms with Crippen LogP contribution in [0.2, 0.25) is 0 Å². The van der Waals surface area contributed by atoms with Crippen LogP contribution in [0.3, 0.4) is 0 Å². The van der Waals surface area contributed by atoms with Crippen LogP contribution in [-0.2, 0) is 23.8 Å². The smallest absolute Gasteiger partial charge is 0.410 e. The van der Waals surface area contributed by atoms with Crippen molar-refractivity contribution in [2.24, 2.45) is 5.92 Å². The van der Waals surface area contributed by atoms with Crippen LogP contribution in [0.4, 0.5) is 4.79 Å². The molecule has 0 aromatic heterocycles. The highest BCUT2D eigenvalue weighted by Crippen LogP contribution is 2.27. The molecule has 0 aliphatic carbocycles. The van der Waals surface area contributed by atoms with Crippen LogP contribution in [0.15, 0.2) is 0 Å². The Hall–Kier alpha value is -1.63. The Labute approximate surface area is 117 Å². The minimum absolute atomic E-state index is 0.0217. The Morgan fingerprint density at radius 2 is 2.05 bits per heavy atom. The molecule has 2 aliphatic heterocycles. The predicted molar refractivity (Wildman–Crippen MR) is 66.8 cm³/mol. The van der Waals surface area contributed by atoms with Crippen LogP contribution in [0.1, 0.15) is 27.2 Å². The topological polar surface area (TPSA) is 82.1 Å². The number of nitrogens with zero attached hydrogens (tertiary/aromatic N) is 1. The highest BCUT2D eigenvalue weighted by molar-refractivity contribution is 5.95. The molecule has 2 unspecified atom stereocenters. The maximum Gasteiger partial charge on any atom is 0.410 e. The van der Waals surface area contributed by atoms with Crippen molar-refractivity contribution in [2.75, 3.05) is 19.8 Å². The van der Waals surface area contributed by atoms with Gasteiger partial charge in [-0.2, -0.15) is 0 Å². The van der Waals surface area contributed by atoms with Crippen LogP contribution < -0.4 is 0 Å². The second kappa shape index (κ2) is 5.40. The lowest BCUT2D eigenvalue weighted by molar-refractivity contribution is -0.154. The fourth-order valence-electron chi connectivity index (χ4n) is 2.29. The minimum atomic E-state index is -0.671. The van der Waals surface area contributed by atoms with Gasteiger partial charge in [0.15, 0.2) is 0 Å². The largest absolute Gasteiger partial charge is 0.444 e. The molecule has 2 rings (SSSR count). The fourth-order valence-corrected chi connectivity index (χ4v) is 2.29. The molecule has 0 spiro atoms. The van der Waals surface area contributed by atoms with Crippen molar-refractivity contribution >= 4 is 18.0 Å². The van der Waals surface area contributed by atoms with Crippen molar-refractivity contribution in [3.63, 3.8) is 0 Å². The zero-order valence-electron chi connectivity index (χ0n) is 11.9. The Kier molecular flexibility index (Phi) is 3.99. The summed E-state index contributed by atoms with van der Waals surface area (Å²) < 4.78 is 15.2. The summed E-state index contributed by atoms with van der Waals surface area (Å²) in [6, 6.07) is -0.516. The molecule has 2 atom stereocenters. The first kappa shape index (κ1) is 14.8. The number of rotatable bonds is 1. The summed E-state index contributed by atoms with van der Waals surface area (Å²) in [4.78, 5) is 36.5. The Balaban J connectivity index is 2.11. The van der Waals surface area contributed by atoms with E-state index >= 15 is 0 Å². The van der Waals surface area contributed by atoms with E-state index in [1.54, 1.807) is 20.8 Å². The van der Waals surface area contributed by atoms with E-state index in [2.05, 4.69) is 4.74 Å². The maximum absolute atomic E-state index is 12.2. The number of carbonyl (C=O) groups is 3. The van der Waals surface area contributed by atoms with Crippen molar-refractivity contribution in [1.29, 1.82) is 0 Å². The van der Waals surface area contributed by atoms with Crippen LogP contribution in [0.25, 0.3) is 0 Å². The van der Waals surface area contributed by atoms with E-state index in [4.69, 9.17) is 9.47 Å².